The van der Waals surface area contributed by atoms with Gasteiger partial charge in [-0.1, -0.05) is 76.8 Å². The lowest BCUT2D eigenvalue weighted by atomic mass is 10.1. The number of aromatic nitrogens is 2. The van der Waals surface area contributed by atoms with Gasteiger partial charge in [0, 0.05) is 19.5 Å². The third-order valence-electron chi connectivity index (χ3n) is 5.05. The van der Waals surface area contributed by atoms with Crippen molar-refractivity contribution in [1.29, 1.82) is 0 Å². The maximum Gasteiger partial charge on any atom is 0.207 e. The third-order valence-corrected chi connectivity index (χ3v) is 5.05. The minimum Gasteiger partial charge on any atom is -0.358 e. The number of fused-ring (bicyclic) bond motifs is 1. The van der Waals surface area contributed by atoms with Gasteiger partial charge in [0.1, 0.15) is 5.82 Å². The predicted molar refractivity (Wildman–Crippen MR) is 109 cm³/mol. The molecule has 0 atom stereocenters. The topological polar surface area (TPSA) is 46.9 Å². The molecule has 1 N–H and O–H groups in total. The molecular weight excluding hydrogens is 322 g/mol. The van der Waals surface area contributed by atoms with Crippen molar-refractivity contribution in [3.05, 3.63) is 30.1 Å². The summed E-state index contributed by atoms with van der Waals surface area (Å²) in [7, 11) is 0. The van der Waals surface area contributed by atoms with Gasteiger partial charge in [0.2, 0.25) is 6.41 Å². The second-order valence-electron chi connectivity index (χ2n) is 7.17. The monoisotopic (exact) mass is 357 g/mol. The molecule has 0 bridgehead atoms. The van der Waals surface area contributed by atoms with Crippen LogP contribution in [0.4, 0.5) is 0 Å². The van der Waals surface area contributed by atoms with Gasteiger partial charge in [0.15, 0.2) is 0 Å². The van der Waals surface area contributed by atoms with Crippen molar-refractivity contribution in [2.24, 2.45) is 0 Å². The van der Waals surface area contributed by atoms with Crippen LogP contribution >= 0.6 is 0 Å². The summed E-state index contributed by atoms with van der Waals surface area (Å²) in [6.45, 7) is 3.94. The lowest BCUT2D eigenvalue weighted by molar-refractivity contribution is -0.109. The van der Waals surface area contributed by atoms with Gasteiger partial charge in [-0.05, 0) is 18.6 Å². The molecule has 2 rings (SSSR count). The Labute approximate surface area is 158 Å². The summed E-state index contributed by atoms with van der Waals surface area (Å²) >= 11 is 0. The SMILES string of the molecule is CCCCCCCCCCCCn1c(CCNC=O)nc2ccccc21. The molecular formula is C22H35N3O. The molecule has 0 fully saturated rings. The summed E-state index contributed by atoms with van der Waals surface area (Å²) in [5.74, 6) is 1.08. The number of benzene rings is 1. The number of rotatable bonds is 15. The Morgan fingerprint density at radius 3 is 2.31 bits per heavy atom. The van der Waals surface area contributed by atoms with E-state index in [4.69, 9.17) is 4.98 Å². The van der Waals surface area contributed by atoms with E-state index in [1.165, 1.54) is 69.7 Å². The van der Waals surface area contributed by atoms with Crippen LogP contribution in [0, 0.1) is 0 Å². The molecule has 4 nitrogen and oxygen atoms in total. The average molecular weight is 358 g/mol. The van der Waals surface area contributed by atoms with Crippen LogP contribution in [0.3, 0.4) is 0 Å². The molecule has 0 saturated carbocycles. The Kier molecular flexibility index (Phi) is 9.84. The van der Waals surface area contributed by atoms with Crippen LogP contribution < -0.4 is 5.32 Å². The van der Waals surface area contributed by atoms with E-state index < -0.39 is 0 Å². The van der Waals surface area contributed by atoms with E-state index in [0.717, 1.165) is 30.7 Å². The fourth-order valence-corrected chi connectivity index (χ4v) is 3.57. The highest BCUT2D eigenvalue weighted by atomic mass is 16.1. The Morgan fingerprint density at radius 1 is 0.962 bits per heavy atom. The summed E-state index contributed by atoms with van der Waals surface area (Å²) in [4.78, 5) is 15.2. The van der Waals surface area contributed by atoms with Crippen LogP contribution in [0.2, 0.25) is 0 Å². The number of aryl methyl sites for hydroxylation is 1. The third kappa shape index (κ3) is 6.81. The van der Waals surface area contributed by atoms with Crippen molar-refractivity contribution in [1.82, 2.24) is 14.9 Å². The minimum absolute atomic E-state index is 0.644. The van der Waals surface area contributed by atoms with E-state index in [1.54, 1.807) is 0 Å². The normalized spacial score (nSPS) is 11.1. The van der Waals surface area contributed by atoms with E-state index in [9.17, 15) is 4.79 Å². The molecule has 1 aromatic heterocycles. The number of unbranched alkanes of at least 4 members (excludes halogenated alkanes) is 9. The number of carbonyl (C=O) groups is 1. The Balaban J connectivity index is 1.73. The largest absolute Gasteiger partial charge is 0.358 e. The van der Waals surface area contributed by atoms with Crippen LogP contribution in [-0.2, 0) is 17.8 Å². The molecule has 144 valence electrons. The van der Waals surface area contributed by atoms with Crippen molar-refractivity contribution in [3.8, 4) is 0 Å². The first-order valence-corrected chi connectivity index (χ1v) is 10.5. The second-order valence-corrected chi connectivity index (χ2v) is 7.17. The second kappa shape index (κ2) is 12.5. The van der Waals surface area contributed by atoms with Gasteiger partial charge in [0.25, 0.3) is 0 Å². The molecule has 0 spiro atoms. The van der Waals surface area contributed by atoms with Gasteiger partial charge in [-0.2, -0.15) is 0 Å². The highest BCUT2D eigenvalue weighted by Crippen LogP contribution is 2.18. The van der Waals surface area contributed by atoms with Gasteiger partial charge >= 0.3 is 0 Å². The van der Waals surface area contributed by atoms with E-state index in [2.05, 4.69) is 35.0 Å². The van der Waals surface area contributed by atoms with Crippen LogP contribution in [0.25, 0.3) is 11.0 Å². The molecule has 1 heterocycles. The molecule has 0 saturated heterocycles. The van der Waals surface area contributed by atoms with Crippen molar-refractivity contribution in [2.75, 3.05) is 6.54 Å². The highest BCUT2D eigenvalue weighted by molar-refractivity contribution is 5.75. The number of nitrogens with zero attached hydrogens (tertiary/aromatic N) is 2. The number of hydrogen-bond donors (Lipinski definition) is 1. The van der Waals surface area contributed by atoms with E-state index in [1.807, 2.05) is 6.07 Å². The number of para-hydroxylation sites is 2. The van der Waals surface area contributed by atoms with Crippen LogP contribution in [0.5, 0.6) is 0 Å². The minimum atomic E-state index is 0.644. The molecule has 2 aromatic rings. The number of imidazole rings is 1. The predicted octanol–water partition coefficient (Wildman–Crippen LogP) is 5.25. The molecule has 26 heavy (non-hydrogen) atoms. The summed E-state index contributed by atoms with van der Waals surface area (Å²) in [6.07, 6.45) is 15.1. The maximum absolute atomic E-state index is 10.5. The molecule has 0 aliphatic heterocycles. The zero-order valence-corrected chi connectivity index (χ0v) is 16.4. The first-order valence-electron chi connectivity index (χ1n) is 10.5. The van der Waals surface area contributed by atoms with E-state index in [0.29, 0.717) is 6.54 Å². The smallest absolute Gasteiger partial charge is 0.207 e. The van der Waals surface area contributed by atoms with Gasteiger partial charge in [-0.15, -0.1) is 0 Å². The molecule has 0 radical (unpaired) electrons. The van der Waals surface area contributed by atoms with Gasteiger partial charge in [-0.25, -0.2) is 4.98 Å². The summed E-state index contributed by atoms with van der Waals surface area (Å²) in [5.41, 5.74) is 2.27. The van der Waals surface area contributed by atoms with Crippen LogP contribution in [0.1, 0.15) is 77.0 Å². The standard InChI is InChI=1S/C22H35N3O/c1-2-3-4-5-6-7-8-9-10-13-18-25-21-15-12-11-14-20(21)24-22(25)16-17-23-19-26/h11-12,14-15,19H,2-10,13,16-18H2,1H3,(H,23,26). The van der Waals surface area contributed by atoms with E-state index >= 15 is 0 Å². The van der Waals surface area contributed by atoms with Gasteiger partial charge < -0.3 is 9.88 Å². The Bertz CT molecular complexity index is 635. The first kappa shape index (κ1) is 20.5. The van der Waals surface area contributed by atoms with Crippen molar-refractivity contribution in [3.63, 3.8) is 0 Å². The van der Waals surface area contributed by atoms with Crippen molar-refractivity contribution in [2.45, 2.75) is 84.1 Å². The molecule has 1 amide bonds. The average Bonchev–Trinajstić information content (AvgIpc) is 3.01. The lowest BCUT2D eigenvalue weighted by Gasteiger charge is -2.09. The molecule has 0 aliphatic rings. The molecule has 4 heteroatoms. The fraction of sp³-hybridized carbons (Fsp3) is 0.636. The fourth-order valence-electron chi connectivity index (χ4n) is 3.57. The maximum atomic E-state index is 10.5. The number of hydrogen-bond acceptors (Lipinski definition) is 2. The molecule has 0 aliphatic carbocycles. The zero-order valence-electron chi connectivity index (χ0n) is 16.4. The van der Waals surface area contributed by atoms with Crippen molar-refractivity contribution >= 4 is 17.4 Å². The Hall–Kier alpha value is -1.84. The molecule has 0 unspecified atom stereocenters. The highest BCUT2D eigenvalue weighted by Gasteiger charge is 2.09. The quantitative estimate of drug-likeness (QED) is 0.350. The number of nitrogens with one attached hydrogen (secondary N) is 1. The molecule has 1 aromatic carbocycles. The Morgan fingerprint density at radius 2 is 1.62 bits per heavy atom. The van der Waals surface area contributed by atoms with Gasteiger partial charge in [-0.3, -0.25) is 4.79 Å². The number of amides is 1. The number of carbonyl (C=O) groups excluding carboxylic acids is 1. The van der Waals surface area contributed by atoms with Crippen molar-refractivity contribution < 1.29 is 4.79 Å². The summed E-state index contributed by atoms with van der Waals surface area (Å²) in [6, 6.07) is 8.33. The van der Waals surface area contributed by atoms with Crippen LogP contribution in [0.15, 0.2) is 24.3 Å². The van der Waals surface area contributed by atoms with E-state index in [-0.39, 0.29) is 0 Å². The summed E-state index contributed by atoms with van der Waals surface area (Å²) < 4.78 is 2.34. The van der Waals surface area contributed by atoms with Gasteiger partial charge in [0.05, 0.1) is 11.0 Å². The zero-order chi connectivity index (χ0) is 18.5. The van der Waals surface area contributed by atoms with Crippen LogP contribution in [-0.4, -0.2) is 22.5 Å². The summed E-state index contributed by atoms with van der Waals surface area (Å²) in [5, 5.41) is 2.74. The first-order chi connectivity index (χ1) is 12.9. The lowest BCUT2D eigenvalue weighted by Crippen LogP contribution is -2.17.